The Morgan fingerprint density at radius 1 is 1.47 bits per heavy atom. The molecule has 2 amide bonds. The molecule has 0 saturated carbocycles. The van der Waals surface area contributed by atoms with Crippen molar-refractivity contribution in [3.05, 3.63) is 35.9 Å². The molecule has 0 aliphatic carbocycles. The number of rotatable bonds is 3. The van der Waals surface area contributed by atoms with Gasteiger partial charge in [-0.2, -0.15) is 0 Å². The Labute approximate surface area is 102 Å². The fraction of sp³-hybridized carbons (Fsp3) is 0.462. The second-order valence-electron chi connectivity index (χ2n) is 4.98. The van der Waals surface area contributed by atoms with E-state index in [-0.39, 0.29) is 11.4 Å². The molecular weight excluding hydrogens is 216 g/mol. The molecule has 4 nitrogen and oxygen atoms in total. The van der Waals surface area contributed by atoms with Gasteiger partial charge in [0, 0.05) is 6.20 Å². The lowest BCUT2D eigenvalue weighted by molar-refractivity contribution is 0.242. The standard InChI is InChI=1S/C13H20N2O2/c1-10(13(2,3)4)8-14-12(16)15-9-11-6-5-7-17-11/h5-8H,9H2,1-4H3,(H2,14,15,16)/b10-8+. The highest BCUT2D eigenvalue weighted by Crippen LogP contribution is 2.23. The van der Waals surface area contributed by atoms with Crippen molar-refractivity contribution in [1.29, 1.82) is 0 Å². The summed E-state index contributed by atoms with van der Waals surface area (Å²) in [5.41, 5.74) is 1.18. The van der Waals surface area contributed by atoms with Crippen molar-refractivity contribution in [2.24, 2.45) is 5.41 Å². The van der Waals surface area contributed by atoms with Crippen LogP contribution in [-0.4, -0.2) is 6.03 Å². The minimum absolute atomic E-state index is 0.0638. The van der Waals surface area contributed by atoms with Gasteiger partial charge in [-0.3, -0.25) is 0 Å². The lowest BCUT2D eigenvalue weighted by Crippen LogP contribution is -2.32. The molecule has 0 aliphatic rings. The largest absolute Gasteiger partial charge is 0.467 e. The first kappa shape index (κ1) is 13.4. The van der Waals surface area contributed by atoms with E-state index in [4.69, 9.17) is 4.42 Å². The zero-order chi connectivity index (χ0) is 12.9. The van der Waals surface area contributed by atoms with E-state index in [1.54, 1.807) is 18.5 Å². The van der Waals surface area contributed by atoms with Crippen LogP contribution in [0.3, 0.4) is 0 Å². The van der Waals surface area contributed by atoms with Crippen molar-refractivity contribution < 1.29 is 9.21 Å². The van der Waals surface area contributed by atoms with Crippen molar-refractivity contribution in [1.82, 2.24) is 10.6 Å². The molecule has 1 aromatic heterocycles. The first-order valence-corrected chi connectivity index (χ1v) is 5.63. The van der Waals surface area contributed by atoms with Gasteiger partial charge in [0.15, 0.2) is 0 Å². The van der Waals surface area contributed by atoms with E-state index in [1.165, 1.54) is 0 Å². The molecule has 0 fully saturated rings. The molecule has 0 unspecified atom stereocenters. The summed E-state index contributed by atoms with van der Waals surface area (Å²) in [6, 6.07) is 3.37. The molecule has 0 spiro atoms. The molecular formula is C13H20N2O2. The van der Waals surface area contributed by atoms with E-state index in [2.05, 4.69) is 31.4 Å². The number of allylic oxidation sites excluding steroid dienone is 1. The van der Waals surface area contributed by atoms with Crippen LogP contribution in [0.15, 0.2) is 34.6 Å². The van der Waals surface area contributed by atoms with Crippen LogP contribution in [0.4, 0.5) is 4.79 Å². The van der Waals surface area contributed by atoms with Crippen LogP contribution < -0.4 is 10.6 Å². The SMILES string of the molecule is C/C(=C\NC(=O)NCc1ccco1)C(C)(C)C. The van der Waals surface area contributed by atoms with Crippen molar-refractivity contribution >= 4 is 6.03 Å². The van der Waals surface area contributed by atoms with Crippen molar-refractivity contribution in [2.45, 2.75) is 34.2 Å². The van der Waals surface area contributed by atoms with Crippen molar-refractivity contribution in [3.63, 3.8) is 0 Å². The molecule has 2 N–H and O–H groups in total. The zero-order valence-corrected chi connectivity index (χ0v) is 10.8. The van der Waals surface area contributed by atoms with Gasteiger partial charge in [0.2, 0.25) is 0 Å². The lowest BCUT2D eigenvalue weighted by atomic mass is 9.88. The summed E-state index contributed by atoms with van der Waals surface area (Å²) < 4.78 is 5.11. The Balaban J connectivity index is 2.35. The average Bonchev–Trinajstić information content (AvgIpc) is 2.74. The number of carbonyl (C=O) groups excluding carboxylic acids is 1. The summed E-state index contributed by atoms with van der Waals surface area (Å²) >= 11 is 0. The smallest absolute Gasteiger partial charge is 0.319 e. The lowest BCUT2D eigenvalue weighted by Gasteiger charge is -2.19. The fourth-order valence-electron chi connectivity index (χ4n) is 1.02. The highest BCUT2D eigenvalue weighted by Gasteiger charge is 2.12. The number of hydrogen-bond donors (Lipinski definition) is 2. The molecule has 1 rings (SSSR count). The summed E-state index contributed by atoms with van der Waals surface area (Å²) in [6.07, 6.45) is 3.32. The van der Waals surface area contributed by atoms with Crippen LogP contribution in [-0.2, 0) is 6.54 Å². The molecule has 0 radical (unpaired) electrons. The van der Waals surface area contributed by atoms with E-state index in [1.807, 2.05) is 13.0 Å². The molecule has 17 heavy (non-hydrogen) atoms. The maximum atomic E-state index is 11.5. The Bertz CT molecular complexity index is 386. The number of carbonyl (C=O) groups is 1. The van der Waals surface area contributed by atoms with E-state index in [9.17, 15) is 4.79 Å². The Kier molecular flexibility index (Phi) is 4.37. The number of urea groups is 1. The van der Waals surface area contributed by atoms with Crippen LogP contribution in [0.25, 0.3) is 0 Å². The van der Waals surface area contributed by atoms with E-state index in [0.29, 0.717) is 6.54 Å². The van der Waals surface area contributed by atoms with Crippen LogP contribution in [0, 0.1) is 5.41 Å². The molecule has 4 heteroatoms. The summed E-state index contributed by atoms with van der Waals surface area (Å²) in [5, 5.41) is 5.40. The van der Waals surface area contributed by atoms with Gasteiger partial charge in [-0.05, 0) is 24.5 Å². The Morgan fingerprint density at radius 3 is 2.71 bits per heavy atom. The number of amides is 2. The Morgan fingerprint density at radius 2 is 2.18 bits per heavy atom. The monoisotopic (exact) mass is 236 g/mol. The first-order valence-electron chi connectivity index (χ1n) is 5.63. The first-order chi connectivity index (χ1) is 7.89. The fourth-order valence-corrected chi connectivity index (χ4v) is 1.02. The normalized spacial score (nSPS) is 12.4. The highest BCUT2D eigenvalue weighted by molar-refractivity contribution is 5.74. The van der Waals surface area contributed by atoms with Crippen LogP contribution in [0.5, 0.6) is 0 Å². The van der Waals surface area contributed by atoms with Gasteiger partial charge in [-0.1, -0.05) is 26.3 Å². The molecule has 1 aromatic rings. The van der Waals surface area contributed by atoms with Crippen molar-refractivity contribution in [3.8, 4) is 0 Å². The molecule has 0 aliphatic heterocycles. The second kappa shape index (κ2) is 5.57. The average molecular weight is 236 g/mol. The second-order valence-corrected chi connectivity index (χ2v) is 4.98. The number of nitrogens with one attached hydrogen (secondary N) is 2. The third-order valence-electron chi connectivity index (χ3n) is 2.61. The maximum Gasteiger partial charge on any atom is 0.319 e. The third kappa shape index (κ3) is 4.76. The number of hydrogen-bond acceptors (Lipinski definition) is 2. The highest BCUT2D eigenvalue weighted by atomic mass is 16.3. The van der Waals surface area contributed by atoms with Gasteiger partial charge < -0.3 is 15.1 Å². The molecule has 0 saturated heterocycles. The van der Waals surface area contributed by atoms with Crippen LogP contribution >= 0.6 is 0 Å². The van der Waals surface area contributed by atoms with Gasteiger partial charge in [0.25, 0.3) is 0 Å². The summed E-state index contributed by atoms with van der Waals surface area (Å²) in [6.45, 7) is 8.68. The predicted molar refractivity (Wildman–Crippen MR) is 67.3 cm³/mol. The van der Waals surface area contributed by atoms with Crippen molar-refractivity contribution in [2.75, 3.05) is 0 Å². The topological polar surface area (TPSA) is 54.3 Å². The summed E-state index contributed by atoms with van der Waals surface area (Å²) in [4.78, 5) is 11.5. The van der Waals surface area contributed by atoms with Gasteiger partial charge in [-0.25, -0.2) is 4.79 Å². The summed E-state index contributed by atoms with van der Waals surface area (Å²) in [7, 11) is 0. The quantitative estimate of drug-likeness (QED) is 0.847. The van der Waals surface area contributed by atoms with Gasteiger partial charge in [0.1, 0.15) is 5.76 Å². The minimum atomic E-state index is -0.231. The molecule has 1 heterocycles. The van der Waals surface area contributed by atoms with E-state index >= 15 is 0 Å². The molecule has 0 aromatic carbocycles. The molecule has 94 valence electrons. The zero-order valence-electron chi connectivity index (χ0n) is 10.8. The van der Waals surface area contributed by atoms with Crippen LogP contribution in [0.1, 0.15) is 33.5 Å². The minimum Gasteiger partial charge on any atom is -0.467 e. The van der Waals surface area contributed by atoms with Crippen LogP contribution in [0.2, 0.25) is 0 Å². The van der Waals surface area contributed by atoms with Gasteiger partial charge in [0.05, 0.1) is 12.8 Å². The van der Waals surface area contributed by atoms with E-state index in [0.717, 1.165) is 11.3 Å². The van der Waals surface area contributed by atoms with Gasteiger partial charge >= 0.3 is 6.03 Å². The van der Waals surface area contributed by atoms with Gasteiger partial charge in [-0.15, -0.1) is 0 Å². The predicted octanol–water partition coefficient (Wildman–Crippen LogP) is 3.03. The van der Waals surface area contributed by atoms with E-state index < -0.39 is 0 Å². The maximum absolute atomic E-state index is 11.5. The summed E-state index contributed by atoms with van der Waals surface area (Å²) in [5.74, 6) is 0.733. The number of furan rings is 1. The Hall–Kier alpha value is -1.71. The third-order valence-corrected chi connectivity index (χ3v) is 2.61. The molecule has 0 atom stereocenters. The molecule has 0 bridgehead atoms.